The van der Waals surface area contributed by atoms with E-state index in [4.69, 9.17) is 0 Å². The minimum atomic E-state index is -0.0886. The summed E-state index contributed by atoms with van der Waals surface area (Å²) in [6.07, 6.45) is 3.89. The van der Waals surface area contributed by atoms with Gasteiger partial charge in [-0.15, -0.1) is 0 Å². The van der Waals surface area contributed by atoms with Gasteiger partial charge in [0.2, 0.25) is 5.91 Å². The molecule has 1 N–H and O–H groups in total. The van der Waals surface area contributed by atoms with Crippen LogP contribution in [0.1, 0.15) is 18.1 Å². The Kier molecular flexibility index (Phi) is 3.80. The summed E-state index contributed by atoms with van der Waals surface area (Å²) in [5, 5.41) is 2.72. The minimum absolute atomic E-state index is 0.0886. The molecule has 15 heavy (non-hydrogen) atoms. The first-order valence-electron chi connectivity index (χ1n) is 4.63. The number of amides is 1. The molecule has 0 aliphatic heterocycles. The third-order valence-electron chi connectivity index (χ3n) is 1.93. The van der Waals surface area contributed by atoms with E-state index in [1.807, 2.05) is 25.1 Å². The fourth-order valence-corrected chi connectivity index (χ4v) is 1.27. The third kappa shape index (κ3) is 3.38. The molecule has 0 atom stereocenters. The first-order chi connectivity index (χ1) is 7.13. The van der Waals surface area contributed by atoms with Crippen LogP contribution in [0.25, 0.3) is 6.08 Å². The smallest absolute Gasteiger partial charge is 0.221 e. The standard InChI is InChI=1S/C12H13NO2/c1-9-8-11(4-3-7-14)5-6-12(9)13-10(2)15/h3-8H,1-2H3,(H,13,15)/b4-3+. The summed E-state index contributed by atoms with van der Waals surface area (Å²) < 4.78 is 0. The quantitative estimate of drug-likeness (QED) is 0.604. The number of allylic oxidation sites excluding steroid dienone is 1. The van der Waals surface area contributed by atoms with Crippen molar-refractivity contribution in [2.75, 3.05) is 5.32 Å². The van der Waals surface area contributed by atoms with Crippen molar-refractivity contribution >= 4 is 24.0 Å². The average Bonchev–Trinajstić information content (AvgIpc) is 2.18. The molecule has 1 amide bonds. The molecule has 0 radical (unpaired) electrons. The van der Waals surface area contributed by atoms with E-state index in [1.54, 1.807) is 6.08 Å². The van der Waals surface area contributed by atoms with Crippen molar-refractivity contribution in [3.63, 3.8) is 0 Å². The predicted octanol–water partition coefficient (Wildman–Crippen LogP) is 2.17. The molecule has 0 bridgehead atoms. The van der Waals surface area contributed by atoms with Gasteiger partial charge in [-0.05, 0) is 36.3 Å². The molecular formula is C12H13NO2. The molecule has 0 spiro atoms. The topological polar surface area (TPSA) is 46.2 Å². The Morgan fingerprint density at radius 3 is 2.67 bits per heavy atom. The number of hydrogen-bond acceptors (Lipinski definition) is 2. The van der Waals surface area contributed by atoms with E-state index in [-0.39, 0.29) is 5.91 Å². The van der Waals surface area contributed by atoms with Gasteiger partial charge in [-0.3, -0.25) is 9.59 Å². The molecule has 1 aromatic carbocycles. The zero-order valence-corrected chi connectivity index (χ0v) is 8.78. The van der Waals surface area contributed by atoms with Gasteiger partial charge >= 0.3 is 0 Å². The molecule has 0 fully saturated rings. The Morgan fingerprint density at radius 2 is 2.13 bits per heavy atom. The largest absolute Gasteiger partial charge is 0.326 e. The van der Waals surface area contributed by atoms with Crippen LogP contribution in [0.15, 0.2) is 24.3 Å². The number of carbonyl (C=O) groups is 2. The lowest BCUT2D eigenvalue weighted by Crippen LogP contribution is -2.06. The first kappa shape index (κ1) is 11.2. The van der Waals surface area contributed by atoms with Crippen LogP contribution in [-0.4, -0.2) is 12.2 Å². The SMILES string of the molecule is CC(=O)Nc1ccc(/C=C/C=O)cc1C. The van der Waals surface area contributed by atoms with Crippen LogP contribution in [0.5, 0.6) is 0 Å². The number of hydrogen-bond donors (Lipinski definition) is 1. The Balaban J connectivity index is 2.92. The van der Waals surface area contributed by atoms with Gasteiger partial charge in [0.25, 0.3) is 0 Å². The molecule has 0 aromatic heterocycles. The Labute approximate surface area is 88.8 Å². The fraction of sp³-hybridized carbons (Fsp3) is 0.167. The summed E-state index contributed by atoms with van der Waals surface area (Å²) in [7, 11) is 0. The predicted molar refractivity (Wildman–Crippen MR) is 60.6 cm³/mol. The number of anilines is 1. The fourth-order valence-electron chi connectivity index (χ4n) is 1.27. The molecule has 3 heteroatoms. The van der Waals surface area contributed by atoms with Crippen LogP contribution < -0.4 is 5.32 Å². The van der Waals surface area contributed by atoms with Gasteiger partial charge in [0.1, 0.15) is 6.29 Å². The van der Waals surface area contributed by atoms with E-state index in [1.165, 1.54) is 13.0 Å². The highest BCUT2D eigenvalue weighted by atomic mass is 16.1. The summed E-state index contributed by atoms with van der Waals surface area (Å²) in [6.45, 7) is 3.38. The van der Waals surface area contributed by atoms with Crippen LogP contribution >= 0.6 is 0 Å². The maximum atomic E-state index is 10.9. The number of nitrogens with one attached hydrogen (secondary N) is 1. The summed E-state index contributed by atoms with van der Waals surface area (Å²) in [4.78, 5) is 21.0. The van der Waals surface area contributed by atoms with Gasteiger partial charge in [-0.25, -0.2) is 0 Å². The maximum absolute atomic E-state index is 10.9. The number of aldehydes is 1. The number of rotatable bonds is 3. The van der Waals surface area contributed by atoms with E-state index in [0.29, 0.717) is 0 Å². The first-order valence-corrected chi connectivity index (χ1v) is 4.63. The summed E-state index contributed by atoms with van der Waals surface area (Å²) in [6, 6.07) is 5.57. The molecule has 1 aromatic rings. The van der Waals surface area contributed by atoms with Gasteiger partial charge in [0.05, 0.1) is 0 Å². The maximum Gasteiger partial charge on any atom is 0.221 e. The van der Waals surface area contributed by atoms with Crippen molar-refractivity contribution in [1.29, 1.82) is 0 Å². The molecule has 0 saturated carbocycles. The van der Waals surface area contributed by atoms with Gasteiger partial charge in [0, 0.05) is 12.6 Å². The number of aryl methyl sites for hydroxylation is 1. The van der Waals surface area contributed by atoms with E-state index in [9.17, 15) is 9.59 Å². The Hall–Kier alpha value is -1.90. The van der Waals surface area contributed by atoms with E-state index in [2.05, 4.69) is 5.32 Å². The van der Waals surface area contributed by atoms with Crippen LogP contribution in [0.2, 0.25) is 0 Å². The van der Waals surface area contributed by atoms with Crippen molar-refractivity contribution in [2.24, 2.45) is 0 Å². The van der Waals surface area contributed by atoms with E-state index < -0.39 is 0 Å². The second-order valence-corrected chi connectivity index (χ2v) is 3.25. The Morgan fingerprint density at radius 1 is 1.40 bits per heavy atom. The molecule has 1 rings (SSSR count). The highest BCUT2D eigenvalue weighted by molar-refractivity contribution is 5.89. The second-order valence-electron chi connectivity index (χ2n) is 3.25. The number of benzene rings is 1. The van der Waals surface area contributed by atoms with Crippen molar-refractivity contribution in [3.8, 4) is 0 Å². The van der Waals surface area contributed by atoms with Crippen LogP contribution in [0, 0.1) is 6.92 Å². The highest BCUT2D eigenvalue weighted by Crippen LogP contribution is 2.17. The van der Waals surface area contributed by atoms with E-state index in [0.717, 1.165) is 23.1 Å². The van der Waals surface area contributed by atoms with Crippen molar-refractivity contribution in [2.45, 2.75) is 13.8 Å². The van der Waals surface area contributed by atoms with Gasteiger partial charge in [-0.1, -0.05) is 12.1 Å². The highest BCUT2D eigenvalue weighted by Gasteiger charge is 1.99. The molecule has 0 heterocycles. The van der Waals surface area contributed by atoms with Crippen molar-refractivity contribution in [3.05, 3.63) is 35.4 Å². The molecular weight excluding hydrogens is 190 g/mol. The van der Waals surface area contributed by atoms with Gasteiger partial charge in [-0.2, -0.15) is 0 Å². The Bertz CT molecular complexity index is 408. The van der Waals surface area contributed by atoms with Crippen LogP contribution in [0.3, 0.4) is 0 Å². The van der Waals surface area contributed by atoms with Crippen LogP contribution in [-0.2, 0) is 9.59 Å². The lowest BCUT2D eigenvalue weighted by molar-refractivity contribution is -0.114. The summed E-state index contributed by atoms with van der Waals surface area (Å²) >= 11 is 0. The normalized spacial score (nSPS) is 10.3. The van der Waals surface area contributed by atoms with Gasteiger partial charge < -0.3 is 5.32 Å². The minimum Gasteiger partial charge on any atom is -0.326 e. The molecule has 0 saturated heterocycles. The van der Waals surface area contributed by atoms with Crippen molar-refractivity contribution in [1.82, 2.24) is 0 Å². The van der Waals surface area contributed by atoms with Crippen LogP contribution in [0.4, 0.5) is 5.69 Å². The molecule has 0 unspecified atom stereocenters. The zero-order valence-electron chi connectivity index (χ0n) is 8.78. The average molecular weight is 203 g/mol. The van der Waals surface area contributed by atoms with E-state index >= 15 is 0 Å². The summed E-state index contributed by atoms with van der Waals surface area (Å²) in [5.74, 6) is -0.0886. The molecule has 0 aliphatic carbocycles. The lowest BCUT2D eigenvalue weighted by atomic mass is 10.1. The molecule has 78 valence electrons. The monoisotopic (exact) mass is 203 g/mol. The van der Waals surface area contributed by atoms with Gasteiger partial charge in [0.15, 0.2) is 0 Å². The lowest BCUT2D eigenvalue weighted by Gasteiger charge is -2.06. The van der Waals surface area contributed by atoms with Crippen molar-refractivity contribution < 1.29 is 9.59 Å². The molecule has 0 aliphatic rings. The second kappa shape index (κ2) is 5.10. The zero-order chi connectivity index (χ0) is 11.3. The number of carbonyl (C=O) groups excluding carboxylic acids is 2. The summed E-state index contributed by atoms with van der Waals surface area (Å²) in [5.41, 5.74) is 2.71. The third-order valence-corrected chi connectivity index (χ3v) is 1.93. The molecule has 3 nitrogen and oxygen atoms in total.